The summed E-state index contributed by atoms with van der Waals surface area (Å²) in [5.74, 6) is 0.364. The van der Waals surface area contributed by atoms with Crippen LogP contribution in [-0.4, -0.2) is 31.1 Å². The second-order valence-corrected chi connectivity index (χ2v) is 6.78. The Kier molecular flexibility index (Phi) is 8.29. The lowest BCUT2D eigenvalue weighted by atomic mass is 9.92. The molecule has 1 saturated carbocycles. The third-order valence-corrected chi connectivity index (χ3v) is 4.89. The molecule has 156 valence electrons. The van der Waals surface area contributed by atoms with E-state index in [-0.39, 0.29) is 36.4 Å². The first-order chi connectivity index (χ1) is 11.7. The minimum atomic E-state index is -4.81. The molecule has 1 aliphatic heterocycles. The third kappa shape index (κ3) is 6.14. The lowest BCUT2D eigenvalue weighted by Crippen LogP contribution is -2.45. The molecule has 10 heteroatoms. The van der Waals surface area contributed by atoms with E-state index in [1.54, 1.807) is 0 Å². The maximum atomic E-state index is 13.5. The Labute approximate surface area is 166 Å². The van der Waals surface area contributed by atoms with Gasteiger partial charge in [0, 0.05) is 32.2 Å². The molecule has 1 atom stereocenters. The summed E-state index contributed by atoms with van der Waals surface area (Å²) in [6.07, 6.45) is -7.09. The van der Waals surface area contributed by atoms with Crippen molar-refractivity contribution < 1.29 is 26.3 Å². The second kappa shape index (κ2) is 9.20. The fourth-order valence-electron chi connectivity index (χ4n) is 3.40. The Morgan fingerprint density at radius 2 is 1.56 bits per heavy atom. The van der Waals surface area contributed by atoms with E-state index in [0.29, 0.717) is 38.5 Å². The molecule has 1 aliphatic carbocycles. The van der Waals surface area contributed by atoms with Gasteiger partial charge in [-0.3, -0.25) is 4.90 Å². The summed E-state index contributed by atoms with van der Waals surface area (Å²) in [6.45, 7) is 2.53. The van der Waals surface area contributed by atoms with Crippen LogP contribution in [0.25, 0.3) is 0 Å². The Bertz CT molecular complexity index is 610. The number of piperazine rings is 1. The smallest absolute Gasteiger partial charge is 0.314 e. The number of nitrogens with one attached hydrogen (secondary N) is 1. The molecule has 0 amide bonds. The summed E-state index contributed by atoms with van der Waals surface area (Å²) in [7, 11) is 0. The summed E-state index contributed by atoms with van der Waals surface area (Å²) in [6, 6.07) is 1.57. The molecule has 27 heavy (non-hydrogen) atoms. The summed E-state index contributed by atoms with van der Waals surface area (Å²) < 4.78 is 79.1. The third-order valence-electron chi connectivity index (χ3n) is 4.89. The number of nitrogens with zero attached hydrogens (tertiary/aromatic N) is 1. The Balaban J connectivity index is 0.00000182. The molecule has 2 nitrogen and oxygen atoms in total. The predicted octanol–water partition coefficient (Wildman–Crippen LogP) is 5.31. The topological polar surface area (TPSA) is 15.3 Å². The minimum absolute atomic E-state index is 0. The molecule has 1 aromatic rings. The molecule has 2 fully saturated rings. The highest BCUT2D eigenvalue weighted by atomic mass is 35.5. The first kappa shape index (κ1) is 24.3. The quantitative estimate of drug-likeness (QED) is 0.640. The van der Waals surface area contributed by atoms with Gasteiger partial charge in [0.1, 0.15) is 0 Å². The molecule has 1 N–H and O–H groups in total. The molecular weight excluding hydrogens is 417 g/mol. The van der Waals surface area contributed by atoms with Crippen molar-refractivity contribution in [2.75, 3.05) is 26.2 Å². The average molecular weight is 439 g/mol. The Hall–Kier alpha value is -0.700. The van der Waals surface area contributed by atoms with Gasteiger partial charge in [-0.15, -0.1) is 24.8 Å². The van der Waals surface area contributed by atoms with Gasteiger partial charge < -0.3 is 5.32 Å². The van der Waals surface area contributed by atoms with Gasteiger partial charge in [-0.2, -0.15) is 26.3 Å². The fraction of sp³-hybridized carbons (Fsp3) is 0.647. The summed E-state index contributed by atoms with van der Waals surface area (Å²) in [5, 5.41) is 3.15. The maximum Gasteiger partial charge on any atom is 0.416 e. The van der Waals surface area contributed by atoms with E-state index in [0.717, 1.165) is 25.0 Å². The molecule has 0 spiro atoms. The number of hydrogen-bond donors (Lipinski definition) is 1. The van der Waals surface area contributed by atoms with Crippen molar-refractivity contribution in [3.05, 3.63) is 34.9 Å². The monoisotopic (exact) mass is 438 g/mol. The van der Waals surface area contributed by atoms with Gasteiger partial charge in [-0.1, -0.05) is 18.9 Å². The van der Waals surface area contributed by atoms with Crippen molar-refractivity contribution in [2.24, 2.45) is 5.92 Å². The largest absolute Gasteiger partial charge is 0.416 e. The molecule has 0 radical (unpaired) electrons. The van der Waals surface area contributed by atoms with Crippen LogP contribution in [0.5, 0.6) is 0 Å². The van der Waals surface area contributed by atoms with E-state index in [1.807, 2.05) is 4.90 Å². The van der Waals surface area contributed by atoms with E-state index in [2.05, 4.69) is 5.32 Å². The molecule has 0 unspecified atom stereocenters. The molecule has 1 heterocycles. The van der Waals surface area contributed by atoms with Gasteiger partial charge in [0.15, 0.2) is 0 Å². The normalized spacial score (nSPS) is 19.8. The SMILES string of the molecule is Cl.Cl.FC(F)(F)c1ccc([C@@H](CC2CC2)N2CCNCC2)c(C(F)(F)F)c1. The van der Waals surface area contributed by atoms with E-state index in [9.17, 15) is 26.3 Å². The summed E-state index contributed by atoms with van der Waals surface area (Å²) in [4.78, 5) is 1.96. The van der Waals surface area contributed by atoms with Gasteiger partial charge in [0.05, 0.1) is 11.1 Å². The zero-order valence-electron chi connectivity index (χ0n) is 14.4. The lowest BCUT2D eigenvalue weighted by molar-refractivity contribution is -0.143. The number of halogens is 8. The Morgan fingerprint density at radius 3 is 2.04 bits per heavy atom. The number of alkyl halides is 6. The van der Waals surface area contributed by atoms with Gasteiger partial charge in [0.2, 0.25) is 0 Å². The van der Waals surface area contributed by atoms with Crippen LogP contribution in [0.3, 0.4) is 0 Å². The van der Waals surface area contributed by atoms with Crippen LogP contribution in [-0.2, 0) is 12.4 Å². The van der Waals surface area contributed by atoms with Gasteiger partial charge in [-0.05, 0) is 30.0 Å². The van der Waals surface area contributed by atoms with Crippen LogP contribution in [0.1, 0.15) is 42.0 Å². The van der Waals surface area contributed by atoms with Crippen LogP contribution < -0.4 is 5.32 Å². The van der Waals surface area contributed by atoms with Crippen molar-refractivity contribution in [1.29, 1.82) is 0 Å². The number of benzene rings is 1. The highest BCUT2D eigenvalue weighted by Crippen LogP contribution is 2.45. The molecule has 0 aromatic heterocycles. The molecule has 1 aromatic carbocycles. The van der Waals surface area contributed by atoms with E-state index < -0.39 is 29.5 Å². The van der Waals surface area contributed by atoms with Crippen molar-refractivity contribution >= 4 is 24.8 Å². The maximum absolute atomic E-state index is 13.5. The predicted molar refractivity (Wildman–Crippen MR) is 95.5 cm³/mol. The highest BCUT2D eigenvalue weighted by Gasteiger charge is 2.41. The highest BCUT2D eigenvalue weighted by molar-refractivity contribution is 5.85. The molecule has 2 aliphatic rings. The second-order valence-electron chi connectivity index (χ2n) is 6.78. The van der Waals surface area contributed by atoms with Crippen LogP contribution in [0.2, 0.25) is 0 Å². The fourth-order valence-corrected chi connectivity index (χ4v) is 3.40. The van der Waals surface area contributed by atoms with Gasteiger partial charge in [-0.25, -0.2) is 0 Å². The van der Waals surface area contributed by atoms with Crippen LogP contribution in [0, 0.1) is 5.92 Å². The zero-order chi connectivity index (χ0) is 18.2. The minimum Gasteiger partial charge on any atom is -0.314 e. The van der Waals surface area contributed by atoms with Crippen molar-refractivity contribution in [3.8, 4) is 0 Å². The standard InChI is InChI=1S/C17H20F6N2.2ClH/c18-16(19,20)12-3-4-13(14(10-12)17(21,22)23)15(9-11-1-2-11)25-7-5-24-6-8-25;;/h3-4,10-11,15,24H,1-2,5-9H2;2*1H/t15-;;/m1../s1. The van der Waals surface area contributed by atoms with Crippen LogP contribution in [0.4, 0.5) is 26.3 Å². The summed E-state index contributed by atoms with van der Waals surface area (Å²) in [5.41, 5.74) is -2.45. The first-order valence-corrected chi connectivity index (χ1v) is 8.39. The zero-order valence-corrected chi connectivity index (χ0v) is 16.0. The van der Waals surface area contributed by atoms with Crippen molar-refractivity contribution in [3.63, 3.8) is 0 Å². The van der Waals surface area contributed by atoms with Crippen LogP contribution >= 0.6 is 24.8 Å². The lowest BCUT2D eigenvalue weighted by Gasteiger charge is -2.36. The van der Waals surface area contributed by atoms with Crippen LogP contribution in [0.15, 0.2) is 18.2 Å². The molecule has 1 saturated heterocycles. The summed E-state index contributed by atoms with van der Waals surface area (Å²) >= 11 is 0. The Morgan fingerprint density at radius 1 is 0.963 bits per heavy atom. The number of rotatable bonds is 4. The van der Waals surface area contributed by atoms with Crippen molar-refractivity contribution in [2.45, 2.75) is 37.7 Å². The van der Waals surface area contributed by atoms with E-state index in [1.165, 1.54) is 0 Å². The average Bonchev–Trinajstić information content (AvgIpc) is 3.35. The van der Waals surface area contributed by atoms with Gasteiger partial charge in [0.25, 0.3) is 0 Å². The van der Waals surface area contributed by atoms with Gasteiger partial charge >= 0.3 is 12.4 Å². The molecule has 0 bridgehead atoms. The van der Waals surface area contributed by atoms with E-state index >= 15 is 0 Å². The first-order valence-electron chi connectivity index (χ1n) is 8.39. The van der Waals surface area contributed by atoms with Crippen molar-refractivity contribution in [1.82, 2.24) is 10.2 Å². The molecular formula is C17H22Cl2F6N2. The number of hydrogen-bond acceptors (Lipinski definition) is 2. The van der Waals surface area contributed by atoms with E-state index in [4.69, 9.17) is 0 Å². The molecule has 3 rings (SSSR count).